The summed E-state index contributed by atoms with van der Waals surface area (Å²) in [6.07, 6.45) is 0. The molecule has 0 fully saturated rings. The van der Waals surface area contributed by atoms with E-state index in [0.29, 0.717) is 34.7 Å². The molecule has 0 bridgehead atoms. The highest BCUT2D eigenvalue weighted by Gasteiger charge is 2.33. The second-order valence-electron chi connectivity index (χ2n) is 9.58. The Morgan fingerprint density at radius 1 is 1.18 bits per heavy atom. The Kier molecular flexibility index (Phi) is 7.10. The highest BCUT2D eigenvalue weighted by Crippen LogP contribution is 2.40. The largest absolute Gasteiger partial charge is 0.505 e. The maximum Gasteiger partial charge on any atom is 0.197 e. The van der Waals surface area contributed by atoms with Gasteiger partial charge in [-0.1, -0.05) is 20.8 Å². The van der Waals surface area contributed by atoms with Crippen molar-refractivity contribution < 1.29 is 23.8 Å². The molecule has 1 aliphatic heterocycles. The Bertz CT molecular complexity index is 1120. The second kappa shape index (κ2) is 9.52. The first kappa shape index (κ1) is 25.3. The molecule has 0 atom stereocenters. The van der Waals surface area contributed by atoms with Gasteiger partial charge in [-0.25, -0.2) is 4.39 Å². The van der Waals surface area contributed by atoms with E-state index < -0.39 is 5.82 Å². The molecule has 0 radical (unpaired) electrons. The van der Waals surface area contributed by atoms with Gasteiger partial charge in [-0.15, -0.1) is 0 Å². The van der Waals surface area contributed by atoms with E-state index in [1.54, 1.807) is 55.9 Å². The average molecular weight is 472 g/mol. The van der Waals surface area contributed by atoms with Gasteiger partial charge >= 0.3 is 0 Å². The smallest absolute Gasteiger partial charge is 0.197 e. The van der Waals surface area contributed by atoms with Crippen molar-refractivity contribution in [1.29, 1.82) is 5.41 Å². The van der Waals surface area contributed by atoms with Crippen molar-refractivity contribution in [2.75, 3.05) is 38.8 Å². The van der Waals surface area contributed by atoms with Gasteiger partial charge in [-0.3, -0.25) is 10.2 Å². The van der Waals surface area contributed by atoms with Crippen LogP contribution in [0.15, 0.2) is 18.2 Å². The summed E-state index contributed by atoms with van der Waals surface area (Å²) < 4.78 is 26.3. The first-order chi connectivity index (χ1) is 15.9. The highest BCUT2D eigenvalue weighted by atomic mass is 19.1. The summed E-state index contributed by atoms with van der Waals surface area (Å²) in [6.45, 7) is 10.2. The molecule has 2 aromatic carbocycles. The van der Waals surface area contributed by atoms with Gasteiger partial charge in [0.25, 0.3) is 0 Å². The number of ketones is 1. The minimum Gasteiger partial charge on any atom is -0.505 e. The predicted molar refractivity (Wildman–Crippen MR) is 131 cm³/mol. The first-order valence-electron chi connectivity index (χ1n) is 11.4. The van der Waals surface area contributed by atoms with E-state index in [-0.39, 0.29) is 53.8 Å². The van der Waals surface area contributed by atoms with Crippen LogP contribution in [0.1, 0.15) is 61.7 Å². The van der Waals surface area contributed by atoms with Crippen LogP contribution < -0.4 is 14.4 Å². The molecule has 0 aromatic heterocycles. The number of halogens is 1. The number of carbonyl (C=O) groups is 1. The second-order valence-corrected chi connectivity index (χ2v) is 9.58. The zero-order valence-corrected chi connectivity index (χ0v) is 21.0. The topological polar surface area (TPSA) is 86.1 Å². The van der Waals surface area contributed by atoms with Crippen LogP contribution in [0.4, 0.5) is 10.1 Å². The molecule has 7 nitrogen and oxygen atoms in total. The number of nitrogens with zero attached hydrogens (tertiary/aromatic N) is 2. The zero-order chi connectivity index (χ0) is 25.4. The molecular weight excluding hydrogens is 437 g/mol. The number of rotatable bonds is 8. The standard InChI is InChI=1S/C26H34FN3O4/c1-8-33-20-12-16-13-30(25(28)21(16)22(27)24(20)34-9-2)14-19(31)15-10-17(26(3,4)5)23(32)18(11-15)29(6)7/h10-12,28,32H,8-9,13-14H2,1-7H3. The molecule has 0 unspecified atom stereocenters. The third-order valence-corrected chi connectivity index (χ3v) is 5.81. The van der Waals surface area contributed by atoms with Crippen molar-refractivity contribution in [2.45, 2.75) is 46.6 Å². The number of hydrogen-bond acceptors (Lipinski definition) is 6. The molecular formula is C26H34FN3O4. The van der Waals surface area contributed by atoms with Crippen molar-refractivity contribution in [3.63, 3.8) is 0 Å². The summed E-state index contributed by atoms with van der Waals surface area (Å²) in [5, 5.41) is 19.3. The molecule has 3 rings (SSSR count). The van der Waals surface area contributed by atoms with Gasteiger partial charge in [0.1, 0.15) is 11.6 Å². The molecule has 8 heteroatoms. The number of phenolic OH excluding ortho intramolecular Hbond substituents is 1. The Balaban J connectivity index is 1.95. The summed E-state index contributed by atoms with van der Waals surface area (Å²) in [5.74, 6) is -0.494. The third-order valence-electron chi connectivity index (χ3n) is 5.81. The molecule has 34 heavy (non-hydrogen) atoms. The number of carbonyl (C=O) groups excluding carboxylic acids is 1. The van der Waals surface area contributed by atoms with Crippen LogP contribution in [-0.2, 0) is 12.0 Å². The third kappa shape index (κ3) is 4.67. The van der Waals surface area contributed by atoms with Crippen molar-refractivity contribution >= 4 is 17.3 Å². The van der Waals surface area contributed by atoms with Crippen LogP contribution in [-0.4, -0.2) is 55.5 Å². The lowest BCUT2D eigenvalue weighted by Gasteiger charge is -2.26. The number of phenols is 1. The summed E-state index contributed by atoms with van der Waals surface area (Å²) in [6, 6.07) is 5.05. The molecule has 2 aromatic rings. The van der Waals surface area contributed by atoms with Crippen LogP contribution >= 0.6 is 0 Å². The van der Waals surface area contributed by atoms with E-state index in [9.17, 15) is 9.90 Å². The Morgan fingerprint density at radius 3 is 2.38 bits per heavy atom. The van der Waals surface area contributed by atoms with Crippen LogP contribution in [0.5, 0.6) is 17.2 Å². The number of amidine groups is 1. The van der Waals surface area contributed by atoms with Crippen molar-refractivity contribution in [3.8, 4) is 17.2 Å². The van der Waals surface area contributed by atoms with Crippen LogP contribution in [0.2, 0.25) is 0 Å². The molecule has 2 N–H and O–H groups in total. The van der Waals surface area contributed by atoms with Gasteiger partial charge < -0.3 is 24.4 Å². The summed E-state index contributed by atoms with van der Waals surface area (Å²) in [7, 11) is 3.61. The van der Waals surface area contributed by atoms with Crippen molar-refractivity contribution in [2.24, 2.45) is 0 Å². The number of benzene rings is 2. The predicted octanol–water partition coefficient (Wildman–Crippen LogP) is 4.72. The first-order valence-corrected chi connectivity index (χ1v) is 11.4. The molecule has 1 aliphatic rings. The molecule has 0 saturated carbocycles. The lowest BCUT2D eigenvalue weighted by atomic mass is 9.84. The van der Waals surface area contributed by atoms with Crippen LogP contribution in [0.3, 0.4) is 0 Å². The van der Waals surface area contributed by atoms with E-state index in [2.05, 4.69) is 0 Å². The van der Waals surface area contributed by atoms with E-state index >= 15 is 4.39 Å². The molecule has 0 spiro atoms. The molecule has 0 aliphatic carbocycles. The number of Topliss-reactive ketones (excluding diaryl/α,β-unsaturated/α-hetero) is 1. The van der Waals surface area contributed by atoms with Crippen LogP contribution in [0.25, 0.3) is 0 Å². The van der Waals surface area contributed by atoms with Crippen molar-refractivity contribution in [3.05, 3.63) is 46.3 Å². The fraction of sp³-hybridized carbons (Fsp3) is 0.462. The number of hydrogen-bond donors (Lipinski definition) is 2. The fourth-order valence-corrected chi connectivity index (χ4v) is 4.12. The van der Waals surface area contributed by atoms with E-state index in [0.717, 1.165) is 0 Å². The summed E-state index contributed by atoms with van der Waals surface area (Å²) in [5.41, 5.74) is 1.98. The SMILES string of the molecule is CCOc1cc2c(c(F)c1OCC)C(=N)N(CC(=O)c1cc(N(C)C)c(O)c(C(C)(C)C)c1)C2. The van der Waals surface area contributed by atoms with Gasteiger partial charge in [0, 0.05) is 31.8 Å². The van der Waals surface area contributed by atoms with E-state index in [1.165, 1.54) is 0 Å². The summed E-state index contributed by atoms with van der Waals surface area (Å²) in [4.78, 5) is 16.6. The maximum absolute atomic E-state index is 15.3. The van der Waals surface area contributed by atoms with Gasteiger partial charge in [0.15, 0.2) is 23.1 Å². The number of anilines is 1. The van der Waals surface area contributed by atoms with Gasteiger partial charge in [-0.05, 0) is 43.0 Å². The van der Waals surface area contributed by atoms with E-state index in [1.807, 2.05) is 20.8 Å². The normalized spacial score (nSPS) is 13.2. The van der Waals surface area contributed by atoms with E-state index in [4.69, 9.17) is 14.9 Å². The molecule has 184 valence electrons. The maximum atomic E-state index is 15.3. The van der Waals surface area contributed by atoms with Gasteiger partial charge in [0.05, 0.1) is 31.0 Å². The summed E-state index contributed by atoms with van der Waals surface area (Å²) >= 11 is 0. The van der Waals surface area contributed by atoms with Gasteiger partial charge in [0.2, 0.25) is 0 Å². The highest BCUT2D eigenvalue weighted by molar-refractivity contribution is 6.06. The number of fused-ring (bicyclic) bond motifs is 1. The van der Waals surface area contributed by atoms with Gasteiger partial charge in [-0.2, -0.15) is 0 Å². The molecule has 1 heterocycles. The Morgan fingerprint density at radius 2 is 1.82 bits per heavy atom. The lowest BCUT2D eigenvalue weighted by molar-refractivity contribution is 0.0962. The molecule has 0 amide bonds. The van der Waals surface area contributed by atoms with Crippen LogP contribution in [0, 0.1) is 11.2 Å². The lowest BCUT2D eigenvalue weighted by Crippen LogP contribution is -2.31. The number of ether oxygens (including phenoxy) is 2. The average Bonchev–Trinajstić information content (AvgIpc) is 3.05. The Hall–Kier alpha value is -3.29. The minimum absolute atomic E-state index is 0.00925. The molecule has 0 saturated heterocycles. The quantitative estimate of drug-likeness (QED) is 0.542. The minimum atomic E-state index is -0.641. The van der Waals surface area contributed by atoms with Crippen molar-refractivity contribution in [1.82, 2.24) is 4.90 Å². The zero-order valence-electron chi connectivity index (χ0n) is 21.0. The number of nitrogens with one attached hydrogen (secondary N) is 1. The fourth-order valence-electron chi connectivity index (χ4n) is 4.12. The Labute approximate surface area is 200 Å². The monoisotopic (exact) mass is 471 g/mol. The number of aromatic hydroxyl groups is 1.